The molecular weight excluding hydrogens is 354 g/mol. The Morgan fingerprint density at radius 3 is 2.42 bits per heavy atom. The summed E-state index contributed by atoms with van der Waals surface area (Å²) in [4.78, 5) is 24.6. The van der Waals surface area contributed by atoms with Crippen LogP contribution in [0.15, 0.2) is 57.7 Å². The molecule has 6 heteroatoms. The van der Waals surface area contributed by atoms with Gasteiger partial charge in [0.15, 0.2) is 0 Å². The number of ether oxygens (including phenoxy) is 1. The number of nitrogens with one attached hydrogen (secondary N) is 1. The van der Waals surface area contributed by atoms with E-state index in [1.54, 1.807) is 39.0 Å². The SMILES string of the molecule is CC(C)(C)OC(=O)Nc1oc(=O)c2ccc(Cl)cc2c1-c1ccccc1. The van der Waals surface area contributed by atoms with E-state index in [0.29, 0.717) is 21.4 Å². The summed E-state index contributed by atoms with van der Waals surface area (Å²) in [6.45, 7) is 5.25. The molecule has 3 aromatic rings. The number of hydrogen-bond acceptors (Lipinski definition) is 4. The third-order valence-electron chi connectivity index (χ3n) is 3.57. The highest BCUT2D eigenvalue weighted by Gasteiger charge is 2.21. The first-order valence-corrected chi connectivity index (χ1v) is 8.44. The molecule has 0 spiro atoms. The normalized spacial score (nSPS) is 11.4. The van der Waals surface area contributed by atoms with E-state index >= 15 is 0 Å². The van der Waals surface area contributed by atoms with Crippen molar-refractivity contribution in [1.82, 2.24) is 0 Å². The lowest BCUT2D eigenvalue weighted by molar-refractivity contribution is 0.0632. The van der Waals surface area contributed by atoms with E-state index in [1.807, 2.05) is 30.3 Å². The summed E-state index contributed by atoms with van der Waals surface area (Å²) in [6, 6.07) is 14.2. The molecular formula is C20H18ClNO4. The van der Waals surface area contributed by atoms with Crippen LogP contribution < -0.4 is 10.9 Å². The molecule has 2 aromatic carbocycles. The van der Waals surface area contributed by atoms with Gasteiger partial charge in [-0.1, -0.05) is 41.9 Å². The van der Waals surface area contributed by atoms with Crippen molar-refractivity contribution in [3.8, 4) is 11.1 Å². The second-order valence-electron chi connectivity index (χ2n) is 6.78. The van der Waals surface area contributed by atoms with E-state index in [4.69, 9.17) is 20.8 Å². The molecule has 0 unspecified atom stereocenters. The van der Waals surface area contributed by atoms with Crippen molar-refractivity contribution in [2.24, 2.45) is 0 Å². The lowest BCUT2D eigenvalue weighted by Crippen LogP contribution is -2.27. The molecule has 1 N–H and O–H groups in total. The highest BCUT2D eigenvalue weighted by Crippen LogP contribution is 2.35. The number of carbonyl (C=O) groups is 1. The van der Waals surface area contributed by atoms with Crippen LogP contribution in [0.25, 0.3) is 21.9 Å². The van der Waals surface area contributed by atoms with Crippen molar-refractivity contribution >= 4 is 34.4 Å². The van der Waals surface area contributed by atoms with Gasteiger partial charge in [0.25, 0.3) is 0 Å². The molecule has 1 aromatic heterocycles. The van der Waals surface area contributed by atoms with Gasteiger partial charge < -0.3 is 9.15 Å². The second kappa shape index (κ2) is 6.84. The Labute approximate surface area is 155 Å². The molecule has 1 heterocycles. The summed E-state index contributed by atoms with van der Waals surface area (Å²) < 4.78 is 10.7. The number of carbonyl (C=O) groups excluding carboxylic acids is 1. The molecule has 0 aliphatic rings. The molecule has 1 amide bonds. The molecule has 0 saturated carbocycles. The van der Waals surface area contributed by atoms with Gasteiger partial charge in [0.05, 0.1) is 10.9 Å². The Morgan fingerprint density at radius 1 is 1.08 bits per heavy atom. The van der Waals surface area contributed by atoms with Crippen LogP contribution in [0.4, 0.5) is 10.7 Å². The van der Waals surface area contributed by atoms with Crippen molar-refractivity contribution in [1.29, 1.82) is 0 Å². The molecule has 0 saturated heterocycles. The first-order chi connectivity index (χ1) is 12.2. The van der Waals surface area contributed by atoms with Gasteiger partial charge >= 0.3 is 11.7 Å². The van der Waals surface area contributed by atoms with Crippen LogP contribution in [-0.2, 0) is 4.74 Å². The largest absolute Gasteiger partial charge is 0.444 e. The number of hydrogen-bond donors (Lipinski definition) is 1. The van der Waals surface area contributed by atoms with Gasteiger partial charge in [-0.3, -0.25) is 5.32 Å². The molecule has 26 heavy (non-hydrogen) atoms. The lowest BCUT2D eigenvalue weighted by Gasteiger charge is -2.20. The molecule has 0 aliphatic carbocycles. The average molecular weight is 372 g/mol. The number of halogens is 1. The fourth-order valence-corrected chi connectivity index (χ4v) is 2.77. The second-order valence-corrected chi connectivity index (χ2v) is 7.21. The maximum Gasteiger partial charge on any atom is 0.414 e. The maximum atomic E-state index is 12.4. The zero-order valence-corrected chi connectivity index (χ0v) is 15.4. The Kier molecular flexibility index (Phi) is 4.74. The van der Waals surface area contributed by atoms with E-state index < -0.39 is 17.3 Å². The zero-order valence-electron chi connectivity index (χ0n) is 14.6. The van der Waals surface area contributed by atoms with Gasteiger partial charge in [-0.25, -0.2) is 9.59 Å². The number of anilines is 1. The molecule has 0 bridgehead atoms. The van der Waals surface area contributed by atoms with E-state index in [2.05, 4.69) is 5.32 Å². The van der Waals surface area contributed by atoms with Crippen molar-refractivity contribution in [2.75, 3.05) is 5.32 Å². The minimum atomic E-state index is -0.709. The van der Waals surface area contributed by atoms with Crippen LogP contribution in [0.1, 0.15) is 20.8 Å². The highest BCUT2D eigenvalue weighted by molar-refractivity contribution is 6.31. The van der Waals surface area contributed by atoms with E-state index in [1.165, 1.54) is 0 Å². The average Bonchev–Trinajstić information content (AvgIpc) is 2.53. The van der Waals surface area contributed by atoms with E-state index in [0.717, 1.165) is 5.56 Å². The van der Waals surface area contributed by atoms with E-state index in [-0.39, 0.29) is 5.88 Å². The van der Waals surface area contributed by atoms with Crippen molar-refractivity contribution < 1.29 is 13.9 Å². The standard InChI is InChI=1S/C20H18ClNO4/c1-20(2,3)26-19(24)22-17-16(12-7-5-4-6-8-12)15-11-13(21)9-10-14(15)18(23)25-17/h4-11H,1-3H3,(H,22,24). The molecule has 134 valence electrons. The van der Waals surface area contributed by atoms with E-state index in [9.17, 15) is 9.59 Å². The van der Waals surface area contributed by atoms with Gasteiger partial charge in [-0.05, 0) is 44.5 Å². The van der Waals surface area contributed by atoms with Gasteiger partial charge in [0, 0.05) is 10.4 Å². The van der Waals surface area contributed by atoms with Crippen LogP contribution in [0, 0.1) is 0 Å². The molecule has 0 aliphatic heterocycles. The fraction of sp³-hybridized carbons (Fsp3) is 0.200. The molecule has 3 rings (SSSR count). The first-order valence-electron chi connectivity index (χ1n) is 8.06. The smallest absolute Gasteiger partial charge is 0.414 e. The topological polar surface area (TPSA) is 68.5 Å². The number of benzene rings is 2. The van der Waals surface area contributed by atoms with Crippen LogP contribution in [-0.4, -0.2) is 11.7 Å². The molecule has 0 atom stereocenters. The third kappa shape index (κ3) is 3.89. The molecule has 5 nitrogen and oxygen atoms in total. The van der Waals surface area contributed by atoms with Crippen LogP contribution in [0.2, 0.25) is 5.02 Å². The predicted octanol–water partition coefficient (Wildman–Crippen LogP) is 5.46. The summed E-state index contributed by atoms with van der Waals surface area (Å²) in [5, 5.41) is 3.99. The fourth-order valence-electron chi connectivity index (χ4n) is 2.60. The van der Waals surface area contributed by atoms with Crippen molar-refractivity contribution in [3.05, 3.63) is 64.0 Å². The molecule has 0 radical (unpaired) electrons. The Hall–Kier alpha value is -2.79. The van der Waals surface area contributed by atoms with Gasteiger partial charge in [-0.15, -0.1) is 0 Å². The number of amides is 1. The third-order valence-corrected chi connectivity index (χ3v) is 3.80. The first kappa shape index (κ1) is 18.0. The van der Waals surface area contributed by atoms with Crippen molar-refractivity contribution in [3.63, 3.8) is 0 Å². The number of fused-ring (bicyclic) bond motifs is 1. The lowest BCUT2D eigenvalue weighted by atomic mass is 10.0. The summed E-state index contributed by atoms with van der Waals surface area (Å²) in [5.41, 5.74) is 0.0859. The summed E-state index contributed by atoms with van der Waals surface area (Å²) in [5.74, 6) is 0.0187. The van der Waals surface area contributed by atoms with Gasteiger partial charge in [0.2, 0.25) is 5.88 Å². The van der Waals surface area contributed by atoms with Crippen LogP contribution in [0.5, 0.6) is 0 Å². The Balaban J connectivity index is 2.22. The minimum Gasteiger partial charge on any atom is -0.444 e. The van der Waals surface area contributed by atoms with Crippen molar-refractivity contribution in [2.45, 2.75) is 26.4 Å². The van der Waals surface area contributed by atoms with Gasteiger partial charge in [0.1, 0.15) is 5.60 Å². The van der Waals surface area contributed by atoms with Gasteiger partial charge in [-0.2, -0.15) is 0 Å². The Bertz CT molecular complexity index is 1020. The highest BCUT2D eigenvalue weighted by atomic mass is 35.5. The monoisotopic (exact) mass is 371 g/mol. The summed E-state index contributed by atoms with van der Waals surface area (Å²) in [6.07, 6.45) is -0.709. The summed E-state index contributed by atoms with van der Waals surface area (Å²) >= 11 is 6.13. The minimum absolute atomic E-state index is 0.0187. The zero-order chi connectivity index (χ0) is 18.9. The van der Waals surface area contributed by atoms with Crippen LogP contribution in [0.3, 0.4) is 0 Å². The Morgan fingerprint density at radius 2 is 1.77 bits per heavy atom. The van der Waals surface area contributed by atoms with Crippen LogP contribution >= 0.6 is 11.6 Å². The quantitative estimate of drug-likeness (QED) is 0.649. The maximum absolute atomic E-state index is 12.4. The number of rotatable bonds is 2. The summed E-state index contributed by atoms with van der Waals surface area (Å²) in [7, 11) is 0. The predicted molar refractivity (Wildman–Crippen MR) is 103 cm³/mol. The molecule has 0 fully saturated rings.